The molecule has 0 aliphatic heterocycles. The summed E-state index contributed by atoms with van der Waals surface area (Å²) in [6, 6.07) is 0. The van der Waals surface area contributed by atoms with Crippen molar-refractivity contribution < 1.29 is 17.8 Å². The van der Waals surface area contributed by atoms with Gasteiger partial charge in [0.05, 0.1) is 5.75 Å². The molecule has 0 saturated carbocycles. The number of carbonyl (C=O) groups is 1. The highest BCUT2D eigenvalue weighted by atomic mass is 32.2. The second kappa shape index (κ2) is 11.7. The fraction of sp³-hybridized carbons (Fsp3) is 0.800. The fourth-order valence-corrected chi connectivity index (χ4v) is 2.44. The molecule has 0 fully saturated rings. The standard InChI is InChI=1S/C15H29NO4S/c1-3-4-5-6-7-8-9-10-12-15(17)16(2)13-11-14-21(18,19)20/h10,12H,3-9,11,13-14H2,1-2H3,(H,18,19,20)/b12-10+. The number of nitrogens with zero attached hydrogens (tertiary/aromatic N) is 1. The van der Waals surface area contributed by atoms with E-state index in [1.54, 1.807) is 13.1 Å². The molecular formula is C15H29NO4S. The highest BCUT2D eigenvalue weighted by Crippen LogP contribution is 2.07. The van der Waals surface area contributed by atoms with E-state index >= 15 is 0 Å². The van der Waals surface area contributed by atoms with Crippen LogP contribution in [0.2, 0.25) is 0 Å². The molecule has 0 spiro atoms. The van der Waals surface area contributed by atoms with Crippen LogP contribution in [-0.4, -0.2) is 43.1 Å². The van der Waals surface area contributed by atoms with Gasteiger partial charge >= 0.3 is 0 Å². The summed E-state index contributed by atoms with van der Waals surface area (Å²) in [6.45, 7) is 2.51. The summed E-state index contributed by atoms with van der Waals surface area (Å²) in [6.07, 6.45) is 11.9. The van der Waals surface area contributed by atoms with E-state index in [1.807, 2.05) is 6.08 Å². The van der Waals surface area contributed by atoms with Gasteiger partial charge in [-0.3, -0.25) is 9.35 Å². The van der Waals surface area contributed by atoms with Gasteiger partial charge < -0.3 is 4.90 Å². The number of likely N-dealkylation sites (N-methyl/N-ethyl adjacent to an activating group) is 1. The van der Waals surface area contributed by atoms with Gasteiger partial charge in [0.1, 0.15) is 0 Å². The third-order valence-corrected chi connectivity index (χ3v) is 4.06. The maximum Gasteiger partial charge on any atom is 0.264 e. The molecule has 21 heavy (non-hydrogen) atoms. The Labute approximate surface area is 129 Å². The van der Waals surface area contributed by atoms with E-state index in [4.69, 9.17) is 4.55 Å². The van der Waals surface area contributed by atoms with Gasteiger partial charge in [-0.25, -0.2) is 0 Å². The van der Waals surface area contributed by atoms with E-state index in [9.17, 15) is 13.2 Å². The number of carbonyl (C=O) groups excluding carboxylic acids is 1. The van der Waals surface area contributed by atoms with E-state index in [2.05, 4.69) is 6.92 Å². The summed E-state index contributed by atoms with van der Waals surface area (Å²) in [5.74, 6) is -0.442. The van der Waals surface area contributed by atoms with Crippen molar-refractivity contribution in [2.75, 3.05) is 19.3 Å². The average molecular weight is 319 g/mol. The lowest BCUT2D eigenvalue weighted by molar-refractivity contribution is -0.124. The van der Waals surface area contributed by atoms with Gasteiger partial charge in [0.15, 0.2) is 0 Å². The van der Waals surface area contributed by atoms with Crippen LogP contribution in [-0.2, 0) is 14.9 Å². The zero-order valence-corrected chi connectivity index (χ0v) is 14.1. The largest absolute Gasteiger partial charge is 0.342 e. The van der Waals surface area contributed by atoms with E-state index in [0.717, 1.165) is 12.8 Å². The van der Waals surface area contributed by atoms with Crippen LogP contribution in [0.3, 0.4) is 0 Å². The third-order valence-electron chi connectivity index (χ3n) is 3.26. The molecule has 1 N–H and O–H groups in total. The first-order valence-electron chi connectivity index (χ1n) is 7.73. The molecule has 0 aromatic heterocycles. The summed E-state index contributed by atoms with van der Waals surface area (Å²) < 4.78 is 29.7. The van der Waals surface area contributed by atoms with Gasteiger partial charge in [-0.05, 0) is 25.3 Å². The maximum atomic E-state index is 11.7. The first kappa shape index (κ1) is 20.1. The molecular weight excluding hydrogens is 290 g/mol. The van der Waals surface area contributed by atoms with Crippen molar-refractivity contribution in [2.24, 2.45) is 0 Å². The fourth-order valence-electron chi connectivity index (χ4n) is 1.95. The van der Waals surface area contributed by atoms with Crippen molar-refractivity contribution in [1.29, 1.82) is 0 Å². The average Bonchev–Trinajstić information content (AvgIpc) is 2.40. The lowest BCUT2D eigenvalue weighted by Gasteiger charge is -2.14. The topological polar surface area (TPSA) is 74.7 Å². The van der Waals surface area contributed by atoms with Crippen LogP contribution in [0.1, 0.15) is 58.3 Å². The van der Waals surface area contributed by atoms with Gasteiger partial charge in [-0.1, -0.05) is 45.1 Å². The van der Waals surface area contributed by atoms with Crippen molar-refractivity contribution in [3.63, 3.8) is 0 Å². The molecule has 5 nitrogen and oxygen atoms in total. The lowest BCUT2D eigenvalue weighted by atomic mass is 10.1. The van der Waals surface area contributed by atoms with Crippen LogP contribution in [0.4, 0.5) is 0 Å². The van der Waals surface area contributed by atoms with Crippen LogP contribution in [0, 0.1) is 0 Å². The monoisotopic (exact) mass is 319 g/mol. The molecule has 0 saturated heterocycles. The molecule has 1 amide bonds. The Hall–Kier alpha value is -0.880. The molecule has 0 aliphatic carbocycles. The Morgan fingerprint density at radius 1 is 1.10 bits per heavy atom. The second-order valence-electron chi connectivity index (χ2n) is 5.36. The Bertz CT molecular complexity index is 404. The van der Waals surface area contributed by atoms with Crippen molar-refractivity contribution >= 4 is 16.0 Å². The summed E-state index contributed by atoms with van der Waals surface area (Å²) in [4.78, 5) is 13.2. The van der Waals surface area contributed by atoms with Gasteiger partial charge in [0, 0.05) is 13.6 Å². The van der Waals surface area contributed by atoms with Gasteiger partial charge in [0.25, 0.3) is 10.1 Å². The quantitative estimate of drug-likeness (QED) is 0.341. The smallest absolute Gasteiger partial charge is 0.264 e. The van der Waals surface area contributed by atoms with Crippen molar-refractivity contribution in [3.8, 4) is 0 Å². The molecule has 0 unspecified atom stereocenters. The van der Waals surface area contributed by atoms with E-state index in [-0.39, 0.29) is 18.1 Å². The second-order valence-corrected chi connectivity index (χ2v) is 6.93. The Kier molecular flexibility index (Phi) is 11.3. The number of amides is 1. The number of allylic oxidation sites excluding steroid dienone is 1. The van der Waals surface area contributed by atoms with Crippen molar-refractivity contribution in [3.05, 3.63) is 12.2 Å². The van der Waals surface area contributed by atoms with E-state index in [0.29, 0.717) is 6.54 Å². The highest BCUT2D eigenvalue weighted by molar-refractivity contribution is 7.85. The van der Waals surface area contributed by atoms with Crippen LogP contribution in [0.15, 0.2) is 12.2 Å². The zero-order chi connectivity index (χ0) is 16.1. The van der Waals surface area contributed by atoms with Crippen LogP contribution < -0.4 is 0 Å². The predicted molar refractivity (Wildman–Crippen MR) is 85.8 cm³/mol. The Morgan fingerprint density at radius 3 is 2.33 bits per heavy atom. The first-order chi connectivity index (χ1) is 9.87. The molecule has 0 heterocycles. The third kappa shape index (κ3) is 13.8. The van der Waals surface area contributed by atoms with Crippen LogP contribution in [0.5, 0.6) is 0 Å². The van der Waals surface area contributed by atoms with Crippen molar-refractivity contribution in [1.82, 2.24) is 4.90 Å². The summed E-state index contributed by atoms with van der Waals surface area (Å²) in [5, 5.41) is 0. The number of rotatable bonds is 12. The first-order valence-corrected chi connectivity index (χ1v) is 9.34. The van der Waals surface area contributed by atoms with E-state index < -0.39 is 10.1 Å². The minimum atomic E-state index is -3.94. The van der Waals surface area contributed by atoms with Crippen LogP contribution in [0.25, 0.3) is 0 Å². The number of unbranched alkanes of at least 4 members (excludes halogenated alkanes) is 6. The molecule has 0 aromatic rings. The van der Waals surface area contributed by atoms with Crippen LogP contribution >= 0.6 is 0 Å². The molecule has 6 heteroatoms. The lowest BCUT2D eigenvalue weighted by Crippen LogP contribution is -2.27. The molecule has 0 bridgehead atoms. The predicted octanol–water partition coefficient (Wildman–Crippen LogP) is 3.03. The normalized spacial score (nSPS) is 12.0. The highest BCUT2D eigenvalue weighted by Gasteiger charge is 2.08. The molecule has 0 radical (unpaired) electrons. The molecule has 0 aromatic carbocycles. The minimum Gasteiger partial charge on any atom is -0.342 e. The minimum absolute atomic E-state index is 0.128. The molecule has 0 aliphatic rings. The van der Waals surface area contributed by atoms with Gasteiger partial charge in [-0.2, -0.15) is 8.42 Å². The van der Waals surface area contributed by atoms with Crippen molar-refractivity contribution in [2.45, 2.75) is 58.3 Å². The van der Waals surface area contributed by atoms with Gasteiger partial charge in [-0.15, -0.1) is 0 Å². The maximum absolute atomic E-state index is 11.7. The SMILES string of the molecule is CCCCCCCC/C=C/C(=O)N(C)CCCS(=O)(=O)O. The summed E-state index contributed by atoms with van der Waals surface area (Å²) in [7, 11) is -2.31. The summed E-state index contributed by atoms with van der Waals surface area (Å²) in [5.41, 5.74) is 0. The Balaban J connectivity index is 3.68. The molecule has 0 rings (SSSR count). The molecule has 124 valence electrons. The zero-order valence-electron chi connectivity index (χ0n) is 13.3. The molecule has 0 atom stereocenters. The Morgan fingerprint density at radius 2 is 1.71 bits per heavy atom. The number of hydrogen-bond acceptors (Lipinski definition) is 3. The van der Waals surface area contributed by atoms with E-state index in [1.165, 1.54) is 37.0 Å². The van der Waals surface area contributed by atoms with Gasteiger partial charge in [0.2, 0.25) is 5.91 Å². The summed E-state index contributed by atoms with van der Waals surface area (Å²) >= 11 is 0. The number of hydrogen-bond donors (Lipinski definition) is 1.